The molecule has 0 unspecified atom stereocenters. The first-order valence-electron chi connectivity index (χ1n) is 18.5. The van der Waals surface area contributed by atoms with Crippen LogP contribution in [0.1, 0.15) is 111 Å². The van der Waals surface area contributed by atoms with Crippen molar-refractivity contribution in [2.24, 2.45) is 0 Å². The van der Waals surface area contributed by atoms with Gasteiger partial charge in [0.25, 0.3) is 6.71 Å². The number of benzene rings is 5. The molecule has 0 atom stereocenters. The third-order valence-electron chi connectivity index (χ3n) is 10.9. The van der Waals surface area contributed by atoms with Crippen molar-refractivity contribution in [2.75, 3.05) is 9.80 Å². The molecule has 2 aliphatic heterocycles. The van der Waals surface area contributed by atoms with Crippen molar-refractivity contribution in [3.63, 3.8) is 0 Å². The Bertz CT molecular complexity index is 1940. The molecule has 0 amide bonds. The van der Waals surface area contributed by atoms with E-state index in [1.807, 2.05) is 0 Å². The largest absolute Gasteiger partial charge is 0.311 e. The average molecular weight is 659 g/mol. The van der Waals surface area contributed by atoms with E-state index in [4.69, 9.17) is 0 Å². The molecule has 2 aliphatic rings. The summed E-state index contributed by atoms with van der Waals surface area (Å²) in [5.74, 6) is 0. The summed E-state index contributed by atoms with van der Waals surface area (Å²) in [5, 5.41) is 0. The molecule has 50 heavy (non-hydrogen) atoms. The molecule has 7 rings (SSSR count). The lowest BCUT2D eigenvalue weighted by Crippen LogP contribution is -2.61. The third-order valence-corrected chi connectivity index (χ3v) is 10.9. The van der Waals surface area contributed by atoms with Gasteiger partial charge in [-0.25, -0.2) is 0 Å². The minimum Gasteiger partial charge on any atom is -0.311 e. The van der Waals surface area contributed by atoms with Crippen LogP contribution in [-0.4, -0.2) is 6.71 Å². The van der Waals surface area contributed by atoms with E-state index in [9.17, 15) is 0 Å². The van der Waals surface area contributed by atoms with Gasteiger partial charge in [0.2, 0.25) is 0 Å². The molecule has 5 aromatic carbocycles. The van der Waals surface area contributed by atoms with E-state index in [2.05, 4.69) is 197 Å². The second kappa shape index (κ2) is 11.4. The summed E-state index contributed by atoms with van der Waals surface area (Å²) in [5.41, 5.74) is 18.5. The Hall–Kier alpha value is -4.24. The summed E-state index contributed by atoms with van der Waals surface area (Å²) in [6, 6.07) is 38.0. The molecule has 0 saturated heterocycles. The van der Waals surface area contributed by atoms with Crippen LogP contribution in [0.5, 0.6) is 0 Å². The Morgan fingerprint density at radius 2 is 0.700 bits per heavy atom. The first-order chi connectivity index (χ1) is 23.2. The number of nitrogens with zero attached hydrogens (tertiary/aromatic N) is 2. The van der Waals surface area contributed by atoms with Crippen LogP contribution >= 0.6 is 0 Å². The molecule has 3 heteroatoms. The van der Waals surface area contributed by atoms with Crippen LogP contribution in [-0.2, 0) is 21.7 Å². The van der Waals surface area contributed by atoms with Crippen LogP contribution in [0.4, 0.5) is 34.1 Å². The molecule has 0 fully saturated rings. The maximum absolute atomic E-state index is 2.54. The molecule has 0 saturated carbocycles. The normalized spacial score (nSPS) is 14.4. The third kappa shape index (κ3) is 5.77. The van der Waals surface area contributed by atoms with Gasteiger partial charge in [-0.1, -0.05) is 132 Å². The van der Waals surface area contributed by atoms with Gasteiger partial charge >= 0.3 is 0 Å². The lowest BCUT2D eigenvalue weighted by atomic mass is 9.33. The second-order valence-corrected chi connectivity index (χ2v) is 19.0. The van der Waals surface area contributed by atoms with Crippen molar-refractivity contribution in [3.8, 4) is 0 Å². The van der Waals surface area contributed by atoms with Crippen molar-refractivity contribution in [1.82, 2.24) is 0 Å². The number of hydrogen-bond donors (Lipinski definition) is 0. The van der Waals surface area contributed by atoms with Crippen molar-refractivity contribution in [3.05, 3.63) is 125 Å². The fraction of sp³-hybridized carbons (Fsp3) is 0.362. The van der Waals surface area contributed by atoms with Crippen LogP contribution in [0, 0.1) is 6.92 Å². The van der Waals surface area contributed by atoms with Gasteiger partial charge in [0.05, 0.1) is 0 Å². The van der Waals surface area contributed by atoms with Gasteiger partial charge in [-0.2, -0.15) is 0 Å². The number of anilines is 6. The maximum Gasteiger partial charge on any atom is 0.252 e. The van der Waals surface area contributed by atoms with Crippen LogP contribution in [0.2, 0.25) is 0 Å². The SMILES string of the molecule is Cc1cc2c3c(c1)N(c1ccc(C(C)(C)C)cc1)c1ccc(C(C)(C)C)cc1B3c1cc(C(C)(C)C)ccc1N2c1ccc(C(C)(C)C)cc1. The molecule has 0 aliphatic carbocycles. The zero-order valence-electron chi connectivity index (χ0n) is 32.7. The molecule has 0 spiro atoms. The van der Waals surface area contributed by atoms with E-state index in [0.717, 1.165) is 0 Å². The van der Waals surface area contributed by atoms with E-state index in [1.165, 1.54) is 78.3 Å². The van der Waals surface area contributed by atoms with Gasteiger partial charge in [-0.05, 0) is 121 Å². The Morgan fingerprint density at radius 3 is 1.02 bits per heavy atom. The van der Waals surface area contributed by atoms with Crippen molar-refractivity contribution < 1.29 is 0 Å². The zero-order valence-corrected chi connectivity index (χ0v) is 32.7. The summed E-state index contributed by atoms with van der Waals surface area (Å²) in [4.78, 5) is 5.08. The van der Waals surface area contributed by atoms with Gasteiger partial charge in [0, 0.05) is 34.1 Å². The van der Waals surface area contributed by atoms with Crippen molar-refractivity contribution in [1.29, 1.82) is 0 Å². The second-order valence-electron chi connectivity index (χ2n) is 19.0. The van der Waals surface area contributed by atoms with E-state index >= 15 is 0 Å². The molecule has 2 nitrogen and oxygen atoms in total. The number of fused-ring (bicyclic) bond motifs is 4. The van der Waals surface area contributed by atoms with Gasteiger partial charge < -0.3 is 9.80 Å². The highest BCUT2D eigenvalue weighted by atomic mass is 15.2. The Morgan fingerprint density at radius 1 is 0.380 bits per heavy atom. The molecular weight excluding hydrogens is 603 g/mol. The average Bonchev–Trinajstić information content (AvgIpc) is 3.02. The monoisotopic (exact) mass is 658 g/mol. The van der Waals surface area contributed by atoms with Crippen LogP contribution in [0.25, 0.3) is 0 Å². The zero-order chi connectivity index (χ0) is 36.1. The Labute approximate surface area is 302 Å². The lowest BCUT2D eigenvalue weighted by molar-refractivity contribution is 0.590. The molecule has 0 aromatic heterocycles. The number of aryl methyl sites for hydroxylation is 1. The van der Waals surface area contributed by atoms with E-state index < -0.39 is 0 Å². The first kappa shape index (κ1) is 34.2. The summed E-state index contributed by atoms with van der Waals surface area (Å²) in [7, 11) is 0. The molecule has 0 N–H and O–H groups in total. The predicted molar refractivity (Wildman–Crippen MR) is 220 cm³/mol. The molecule has 256 valence electrons. The number of rotatable bonds is 2. The van der Waals surface area contributed by atoms with Crippen LogP contribution < -0.4 is 26.2 Å². The van der Waals surface area contributed by atoms with Gasteiger partial charge in [0.1, 0.15) is 0 Å². The van der Waals surface area contributed by atoms with E-state index in [1.54, 1.807) is 0 Å². The van der Waals surface area contributed by atoms with E-state index in [0.29, 0.717) is 0 Å². The molecular formula is C47H55BN2. The summed E-state index contributed by atoms with van der Waals surface area (Å²) in [6.45, 7) is 30.1. The maximum atomic E-state index is 2.54. The van der Waals surface area contributed by atoms with Crippen molar-refractivity contribution >= 4 is 57.2 Å². The highest BCUT2D eigenvalue weighted by Gasteiger charge is 2.44. The quantitative estimate of drug-likeness (QED) is 0.171. The molecule has 5 aromatic rings. The summed E-state index contributed by atoms with van der Waals surface area (Å²) in [6.07, 6.45) is 0. The van der Waals surface area contributed by atoms with Gasteiger partial charge in [-0.3, -0.25) is 0 Å². The smallest absolute Gasteiger partial charge is 0.252 e. The molecule has 0 radical (unpaired) electrons. The van der Waals surface area contributed by atoms with Gasteiger partial charge in [-0.15, -0.1) is 0 Å². The van der Waals surface area contributed by atoms with Gasteiger partial charge in [0.15, 0.2) is 0 Å². The fourth-order valence-electron chi connectivity index (χ4n) is 7.85. The summed E-state index contributed by atoms with van der Waals surface area (Å²) >= 11 is 0. The fourth-order valence-corrected chi connectivity index (χ4v) is 7.85. The van der Waals surface area contributed by atoms with Crippen LogP contribution in [0.3, 0.4) is 0 Å². The minimum atomic E-state index is 0.0240. The topological polar surface area (TPSA) is 6.48 Å². The molecule has 2 heterocycles. The Kier molecular flexibility index (Phi) is 7.80. The lowest BCUT2D eigenvalue weighted by Gasteiger charge is -2.45. The molecule has 0 bridgehead atoms. The van der Waals surface area contributed by atoms with Crippen LogP contribution in [0.15, 0.2) is 97.1 Å². The standard InChI is InChI=1S/C47H55BN2/c1-30-26-41-43-42(27-30)50(36-22-16-32(17-23-36)45(5,6)7)40-25-19-34(47(11,12)13)29-38(40)48(43)37-28-33(46(8,9)10)18-24-39(37)49(41)35-20-14-31(15-21-35)44(2,3)4/h14-29H,1-13H3. The van der Waals surface area contributed by atoms with Crippen molar-refractivity contribution in [2.45, 2.75) is 112 Å². The summed E-state index contributed by atoms with van der Waals surface area (Å²) < 4.78 is 0. The highest BCUT2D eigenvalue weighted by Crippen LogP contribution is 2.46. The highest BCUT2D eigenvalue weighted by molar-refractivity contribution is 7.00. The predicted octanol–water partition coefficient (Wildman–Crippen LogP) is 11.3. The number of hydrogen-bond acceptors (Lipinski definition) is 2. The van der Waals surface area contributed by atoms with E-state index in [-0.39, 0.29) is 28.4 Å². The minimum absolute atomic E-state index is 0.0240. The first-order valence-corrected chi connectivity index (χ1v) is 18.5. The Balaban J connectivity index is 1.57.